The molecule has 3 rings (SSSR count). The van der Waals surface area contributed by atoms with Crippen LogP contribution in [0.3, 0.4) is 0 Å². The van der Waals surface area contributed by atoms with Gasteiger partial charge in [0.1, 0.15) is 5.69 Å². The highest BCUT2D eigenvalue weighted by Gasteiger charge is 2.14. The van der Waals surface area contributed by atoms with Gasteiger partial charge in [0.2, 0.25) is 5.91 Å². The average Bonchev–Trinajstić information content (AvgIpc) is 3.22. The van der Waals surface area contributed by atoms with Gasteiger partial charge in [-0.2, -0.15) is 0 Å². The Morgan fingerprint density at radius 2 is 2.05 bits per heavy atom. The first-order valence-electron chi connectivity index (χ1n) is 6.75. The summed E-state index contributed by atoms with van der Waals surface area (Å²) in [4.78, 5) is 25.0. The van der Waals surface area contributed by atoms with E-state index in [-0.39, 0.29) is 18.4 Å². The molecule has 0 unspecified atom stereocenters. The molecule has 0 fully saturated rings. The van der Waals surface area contributed by atoms with Crippen molar-refractivity contribution in [3.05, 3.63) is 45.6 Å². The van der Waals surface area contributed by atoms with Crippen LogP contribution >= 0.6 is 22.7 Å². The van der Waals surface area contributed by atoms with Crippen LogP contribution in [0.1, 0.15) is 15.4 Å². The standard InChI is InChI=1S/C15H15N3O2S2/c1-18-11-4-6-22-13(11)7-12(18)15(20)17-9-14(19)16-8-10-3-2-5-21-10/h2-7H,8-9H2,1H3,(H,16,19)(H,17,20). The first kappa shape index (κ1) is 14.8. The zero-order valence-corrected chi connectivity index (χ0v) is 13.6. The Labute approximate surface area is 135 Å². The summed E-state index contributed by atoms with van der Waals surface area (Å²) in [5.74, 6) is -0.435. The molecule has 0 bridgehead atoms. The number of rotatable bonds is 5. The van der Waals surface area contributed by atoms with Crippen LogP contribution in [0, 0.1) is 0 Å². The monoisotopic (exact) mass is 333 g/mol. The molecule has 0 atom stereocenters. The van der Waals surface area contributed by atoms with Gasteiger partial charge in [0, 0.05) is 11.9 Å². The third-order valence-corrected chi connectivity index (χ3v) is 5.08. The predicted molar refractivity (Wildman–Crippen MR) is 89.3 cm³/mol. The Balaban J connectivity index is 1.54. The van der Waals surface area contributed by atoms with E-state index in [1.807, 2.05) is 46.6 Å². The van der Waals surface area contributed by atoms with Crippen molar-refractivity contribution in [1.29, 1.82) is 0 Å². The molecule has 2 amide bonds. The minimum Gasteiger partial charge on any atom is -0.350 e. The maximum Gasteiger partial charge on any atom is 0.268 e. The van der Waals surface area contributed by atoms with Gasteiger partial charge in [0.25, 0.3) is 5.91 Å². The van der Waals surface area contributed by atoms with E-state index in [1.54, 1.807) is 22.7 Å². The Kier molecular flexibility index (Phi) is 4.26. The van der Waals surface area contributed by atoms with Gasteiger partial charge in [-0.3, -0.25) is 9.59 Å². The molecule has 0 radical (unpaired) electrons. The van der Waals surface area contributed by atoms with Gasteiger partial charge >= 0.3 is 0 Å². The van der Waals surface area contributed by atoms with E-state index >= 15 is 0 Å². The fraction of sp³-hybridized carbons (Fsp3) is 0.200. The SMILES string of the molecule is Cn1c(C(=O)NCC(=O)NCc2cccs2)cc2sccc21. The molecule has 3 aromatic rings. The normalized spacial score (nSPS) is 10.8. The van der Waals surface area contributed by atoms with Gasteiger partial charge < -0.3 is 15.2 Å². The molecule has 0 saturated heterocycles. The first-order valence-corrected chi connectivity index (χ1v) is 8.51. The molecule has 22 heavy (non-hydrogen) atoms. The molecule has 3 heterocycles. The van der Waals surface area contributed by atoms with Crippen molar-refractivity contribution in [1.82, 2.24) is 15.2 Å². The molecule has 0 aromatic carbocycles. The van der Waals surface area contributed by atoms with Gasteiger partial charge in [-0.15, -0.1) is 22.7 Å². The largest absolute Gasteiger partial charge is 0.350 e. The summed E-state index contributed by atoms with van der Waals surface area (Å²) in [6, 6.07) is 7.72. The topological polar surface area (TPSA) is 63.1 Å². The smallest absolute Gasteiger partial charge is 0.268 e. The number of hydrogen-bond donors (Lipinski definition) is 2. The molecule has 5 nitrogen and oxygen atoms in total. The van der Waals surface area contributed by atoms with Crippen molar-refractivity contribution >= 4 is 44.7 Å². The number of fused-ring (bicyclic) bond motifs is 1. The summed E-state index contributed by atoms with van der Waals surface area (Å²) in [6.07, 6.45) is 0. The molecule has 7 heteroatoms. The number of nitrogens with one attached hydrogen (secondary N) is 2. The summed E-state index contributed by atoms with van der Waals surface area (Å²) in [5.41, 5.74) is 1.59. The maximum absolute atomic E-state index is 12.2. The number of amides is 2. The van der Waals surface area contributed by atoms with Crippen LogP contribution in [0.5, 0.6) is 0 Å². The van der Waals surface area contributed by atoms with E-state index in [0.29, 0.717) is 12.2 Å². The number of aromatic nitrogens is 1. The zero-order chi connectivity index (χ0) is 15.5. The summed E-state index contributed by atoms with van der Waals surface area (Å²) in [7, 11) is 1.85. The van der Waals surface area contributed by atoms with Gasteiger partial charge in [-0.25, -0.2) is 0 Å². The Hall–Kier alpha value is -2.12. The lowest BCUT2D eigenvalue weighted by molar-refractivity contribution is -0.120. The lowest BCUT2D eigenvalue weighted by Gasteiger charge is -2.07. The molecule has 114 valence electrons. The quantitative estimate of drug-likeness (QED) is 0.753. The van der Waals surface area contributed by atoms with Crippen LogP contribution in [-0.4, -0.2) is 22.9 Å². The second kappa shape index (κ2) is 6.33. The lowest BCUT2D eigenvalue weighted by atomic mass is 10.4. The molecule has 0 aliphatic heterocycles. The van der Waals surface area contributed by atoms with Gasteiger partial charge in [-0.1, -0.05) is 6.07 Å². The molecular formula is C15H15N3O2S2. The van der Waals surface area contributed by atoms with Crippen LogP contribution in [0.4, 0.5) is 0 Å². The highest BCUT2D eigenvalue weighted by molar-refractivity contribution is 7.17. The van der Waals surface area contributed by atoms with Crippen molar-refractivity contribution in [3.8, 4) is 0 Å². The third kappa shape index (κ3) is 3.05. The van der Waals surface area contributed by atoms with Gasteiger partial charge in [0.15, 0.2) is 0 Å². The second-order valence-electron chi connectivity index (χ2n) is 4.80. The zero-order valence-electron chi connectivity index (χ0n) is 12.0. The molecular weight excluding hydrogens is 318 g/mol. The molecule has 2 N–H and O–H groups in total. The Morgan fingerprint density at radius 3 is 2.77 bits per heavy atom. The van der Waals surface area contributed by atoms with Crippen molar-refractivity contribution in [2.75, 3.05) is 6.54 Å². The Bertz CT molecular complexity index is 802. The van der Waals surface area contributed by atoms with Crippen molar-refractivity contribution in [3.63, 3.8) is 0 Å². The number of hydrogen-bond acceptors (Lipinski definition) is 4. The highest BCUT2D eigenvalue weighted by atomic mass is 32.1. The molecule has 0 aliphatic rings. The average molecular weight is 333 g/mol. The lowest BCUT2D eigenvalue weighted by Crippen LogP contribution is -2.37. The maximum atomic E-state index is 12.2. The number of aryl methyl sites for hydroxylation is 1. The van der Waals surface area contributed by atoms with Crippen LogP contribution in [0.25, 0.3) is 10.2 Å². The molecule has 0 spiro atoms. The highest BCUT2D eigenvalue weighted by Crippen LogP contribution is 2.23. The van der Waals surface area contributed by atoms with Crippen molar-refractivity contribution < 1.29 is 9.59 Å². The second-order valence-corrected chi connectivity index (χ2v) is 6.78. The summed E-state index contributed by atoms with van der Waals surface area (Å²) >= 11 is 3.18. The van der Waals surface area contributed by atoms with E-state index in [0.717, 1.165) is 15.1 Å². The van der Waals surface area contributed by atoms with Crippen LogP contribution < -0.4 is 10.6 Å². The van der Waals surface area contributed by atoms with Crippen LogP contribution in [0.15, 0.2) is 35.0 Å². The van der Waals surface area contributed by atoms with E-state index in [2.05, 4.69) is 10.6 Å². The van der Waals surface area contributed by atoms with Crippen LogP contribution in [-0.2, 0) is 18.4 Å². The van der Waals surface area contributed by atoms with Gasteiger partial charge in [0.05, 0.1) is 23.3 Å². The number of carbonyl (C=O) groups excluding carboxylic acids is 2. The summed E-state index contributed by atoms with van der Waals surface area (Å²) < 4.78 is 2.90. The fourth-order valence-corrected chi connectivity index (χ4v) is 3.67. The van der Waals surface area contributed by atoms with Crippen molar-refractivity contribution in [2.45, 2.75) is 6.54 Å². The first-order chi connectivity index (χ1) is 10.6. The summed E-state index contributed by atoms with van der Waals surface area (Å²) in [5, 5.41) is 9.39. The molecule has 0 saturated carbocycles. The molecule has 3 aromatic heterocycles. The number of nitrogens with zero attached hydrogens (tertiary/aromatic N) is 1. The van der Waals surface area contributed by atoms with Crippen molar-refractivity contribution in [2.24, 2.45) is 7.05 Å². The van der Waals surface area contributed by atoms with Gasteiger partial charge in [-0.05, 0) is 29.0 Å². The number of thiophene rings is 2. The van der Waals surface area contributed by atoms with Crippen LogP contribution in [0.2, 0.25) is 0 Å². The minimum absolute atomic E-state index is 0.0248. The minimum atomic E-state index is -0.239. The van der Waals surface area contributed by atoms with E-state index < -0.39 is 0 Å². The summed E-state index contributed by atoms with van der Waals surface area (Å²) in [6.45, 7) is 0.468. The molecule has 0 aliphatic carbocycles. The predicted octanol–water partition coefficient (Wildman–Crippen LogP) is 2.35. The Morgan fingerprint density at radius 1 is 1.18 bits per heavy atom. The number of carbonyl (C=O) groups is 2. The van der Waals surface area contributed by atoms with E-state index in [1.165, 1.54) is 0 Å². The van der Waals surface area contributed by atoms with E-state index in [4.69, 9.17) is 0 Å². The van der Waals surface area contributed by atoms with E-state index in [9.17, 15) is 9.59 Å². The third-order valence-electron chi connectivity index (χ3n) is 3.35. The fourth-order valence-electron chi connectivity index (χ4n) is 2.18.